The van der Waals surface area contributed by atoms with Crippen LogP contribution in [0.1, 0.15) is 61.4 Å². The number of rotatable bonds is 7. The van der Waals surface area contributed by atoms with E-state index < -0.39 is 5.97 Å². The Kier molecular flexibility index (Phi) is 6.76. The Morgan fingerprint density at radius 2 is 1.78 bits per heavy atom. The van der Waals surface area contributed by atoms with Crippen LogP contribution in [0.3, 0.4) is 0 Å². The summed E-state index contributed by atoms with van der Waals surface area (Å²) in [6, 6.07) is 6.99. The van der Waals surface area contributed by atoms with Gasteiger partial charge in [-0.15, -0.1) is 0 Å². The molecule has 27 heavy (non-hydrogen) atoms. The van der Waals surface area contributed by atoms with Gasteiger partial charge >= 0.3 is 5.97 Å². The molecule has 3 N–H and O–H groups in total. The van der Waals surface area contributed by atoms with E-state index in [0.717, 1.165) is 12.0 Å². The van der Waals surface area contributed by atoms with E-state index in [0.29, 0.717) is 41.0 Å². The molecule has 0 aliphatic heterocycles. The summed E-state index contributed by atoms with van der Waals surface area (Å²) in [7, 11) is 2.90. The zero-order chi connectivity index (χ0) is 20.0. The smallest absolute Gasteiger partial charge is 0.339 e. The van der Waals surface area contributed by atoms with Crippen LogP contribution >= 0.6 is 0 Å². The molecule has 0 radical (unpaired) electrons. The standard InChI is InChI=1S/C20H25N3O4/c1-5-6-15-16(20(26)27-4)12(2)23-17(15)19(25)22-11-13-7-9-14(10-8-13)18(24)21-3/h7-10,23H,5-6,11H2,1-4H3,(H,21,24)(H,22,25). The molecule has 7 heteroatoms. The second kappa shape index (κ2) is 9.02. The maximum Gasteiger partial charge on any atom is 0.339 e. The Morgan fingerprint density at radius 1 is 1.11 bits per heavy atom. The average Bonchev–Trinajstić information content (AvgIpc) is 3.01. The molecular formula is C20H25N3O4. The maximum atomic E-state index is 12.7. The number of aromatic amines is 1. The number of amides is 2. The summed E-state index contributed by atoms with van der Waals surface area (Å²) < 4.78 is 4.84. The van der Waals surface area contributed by atoms with Crippen LogP contribution in [0.2, 0.25) is 0 Å². The van der Waals surface area contributed by atoms with Crippen molar-refractivity contribution in [2.75, 3.05) is 14.2 Å². The highest BCUT2D eigenvalue weighted by Gasteiger charge is 2.24. The molecular weight excluding hydrogens is 346 g/mol. The number of H-pyrrole nitrogens is 1. The van der Waals surface area contributed by atoms with Gasteiger partial charge in [0.25, 0.3) is 11.8 Å². The normalized spacial score (nSPS) is 10.4. The second-order valence-corrected chi connectivity index (χ2v) is 6.18. The van der Waals surface area contributed by atoms with Crippen molar-refractivity contribution in [1.82, 2.24) is 15.6 Å². The SMILES string of the molecule is CCCc1c(C(=O)NCc2ccc(C(=O)NC)cc2)[nH]c(C)c1C(=O)OC. The molecule has 0 unspecified atom stereocenters. The first-order valence-electron chi connectivity index (χ1n) is 8.81. The number of hydrogen-bond donors (Lipinski definition) is 3. The van der Waals surface area contributed by atoms with Crippen molar-refractivity contribution < 1.29 is 19.1 Å². The highest BCUT2D eigenvalue weighted by Crippen LogP contribution is 2.22. The molecule has 0 aliphatic carbocycles. The van der Waals surface area contributed by atoms with Crippen molar-refractivity contribution >= 4 is 17.8 Å². The van der Waals surface area contributed by atoms with E-state index in [2.05, 4.69) is 15.6 Å². The number of esters is 1. The molecule has 1 aromatic heterocycles. The quantitative estimate of drug-likeness (QED) is 0.651. The van der Waals surface area contributed by atoms with Crippen molar-refractivity contribution in [1.29, 1.82) is 0 Å². The minimum Gasteiger partial charge on any atom is -0.465 e. The Balaban J connectivity index is 2.16. The molecule has 0 spiro atoms. The predicted molar refractivity (Wildman–Crippen MR) is 102 cm³/mol. The predicted octanol–water partition coefficient (Wildman–Crippen LogP) is 2.35. The van der Waals surface area contributed by atoms with Gasteiger partial charge in [0.05, 0.1) is 12.7 Å². The van der Waals surface area contributed by atoms with Gasteiger partial charge in [-0.2, -0.15) is 0 Å². The van der Waals surface area contributed by atoms with Gasteiger partial charge in [0, 0.05) is 24.8 Å². The fourth-order valence-corrected chi connectivity index (χ4v) is 2.94. The summed E-state index contributed by atoms with van der Waals surface area (Å²) in [5, 5.41) is 5.41. The van der Waals surface area contributed by atoms with Crippen LogP contribution in [0, 0.1) is 6.92 Å². The first-order valence-corrected chi connectivity index (χ1v) is 8.81. The van der Waals surface area contributed by atoms with Crippen LogP contribution in [-0.4, -0.2) is 36.9 Å². The Morgan fingerprint density at radius 3 is 2.33 bits per heavy atom. The molecule has 2 amide bonds. The highest BCUT2D eigenvalue weighted by molar-refractivity contribution is 6.00. The van der Waals surface area contributed by atoms with Crippen molar-refractivity contribution in [2.45, 2.75) is 33.2 Å². The average molecular weight is 371 g/mol. The fraction of sp³-hybridized carbons (Fsp3) is 0.350. The molecule has 0 saturated carbocycles. The van der Waals surface area contributed by atoms with Gasteiger partial charge in [-0.25, -0.2) is 4.79 Å². The molecule has 0 atom stereocenters. The summed E-state index contributed by atoms with van der Waals surface area (Å²) >= 11 is 0. The van der Waals surface area contributed by atoms with Gasteiger partial charge in [-0.3, -0.25) is 9.59 Å². The Labute approximate surface area is 158 Å². The van der Waals surface area contributed by atoms with Gasteiger partial charge in [-0.1, -0.05) is 25.5 Å². The molecule has 0 aliphatic rings. The van der Waals surface area contributed by atoms with Crippen LogP contribution in [0.5, 0.6) is 0 Å². The minimum atomic E-state index is -0.448. The van der Waals surface area contributed by atoms with Crippen LogP contribution in [-0.2, 0) is 17.7 Å². The fourth-order valence-electron chi connectivity index (χ4n) is 2.94. The van der Waals surface area contributed by atoms with Gasteiger partial charge in [-0.05, 0) is 36.6 Å². The van der Waals surface area contributed by atoms with E-state index >= 15 is 0 Å². The number of aromatic nitrogens is 1. The van der Waals surface area contributed by atoms with Gasteiger partial charge in [0.15, 0.2) is 0 Å². The summed E-state index contributed by atoms with van der Waals surface area (Å²) in [5.41, 5.74) is 3.53. The molecule has 7 nitrogen and oxygen atoms in total. The molecule has 2 aromatic rings. The summed E-state index contributed by atoms with van der Waals surface area (Å²) in [6.07, 6.45) is 1.39. The third-order valence-electron chi connectivity index (χ3n) is 4.30. The lowest BCUT2D eigenvalue weighted by Gasteiger charge is -2.08. The van der Waals surface area contributed by atoms with Crippen molar-refractivity contribution in [3.8, 4) is 0 Å². The zero-order valence-corrected chi connectivity index (χ0v) is 16.1. The number of aryl methyl sites for hydroxylation is 1. The highest BCUT2D eigenvalue weighted by atomic mass is 16.5. The number of carbonyl (C=O) groups excluding carboxylic acids is 3. The third kappa shape index (κ3) is 4.55. The van der Waals surface area contributed by atoms with Crippen molar-refractivity contribution in [3.05, 3.63) is 57.9 Å². The minimum absolute atomic E-state index is 0.160. The van der Waals surface area contributed by atoms with E-state index in [1.807, 2.05) is 6.92 Å². The first-order chi connectivity index (χ1) is 12.9. The number of nitrogens with one attached hydrogen (secondary N) is 3. The van der Waals surface area contributed by atoms with Crippen molar-refractivity contribution in [3.63, 3.8) is 0 Å². The maximum absolute atomic E-state index is 12.7. The summed E-state index contributed by atoms with van der Waals surface area (Å²) in [6.45, 7) is 4.04. The van der Waals surface area contributed by atoms with Crippen LogP contribution in [0.25, 0.3) is 0 Å². The number of ether oxygens (including phenoxy) is 1. The second-order valence-electron chi connectivity index (χ2n) is 6.18. The van der Waals surface area contributed by atoms with Gasteiger partial charge in [0.2, 0.25) is 0 Å². The largest absolute Gasteiger partial charge is 0.465 e. The van der Waals surface area contributed by atoms with Crippen LogP contribution < -0.4 is 10.6 Å². The van der Waals surface area contributed by atoms with E-state index in [9.17, 15) is 14.4 Å². The first kappa shape index (κ1) is 20.2. The van der Waals surface area contributed by atoms with E-state index in [1.165, 1.54) is 7.11 Å². The van der Waals surface area contributed by atoms with E-state index in [1.54, 1.807) is 38.2 Å². The Hall–Kier alpha value is -3.09. The van der Waals surface area contributed by atoms with Gasteiger partial charge in [0.1, 0.15) is 5.69 Å². The number of carbonyl (C=O) groups is 3. The molecule has 0 bridgehead atoms. The zero-order valence-electron chi connectivity index (χ0n) is 16.1. The molecule has 144 valence electrons. The van der Waals surface area contributed by atoms with Crippen molar-refractivity contribution in [2.24, 2.45) is 0 Å². The number of benzene rings is 1. The molecule has 0 fully saturated rings. The lowest BCUT2D eigenvalue weighted by molar-refractivity contribution is 0.0598. The van der Waals surface area contributed by atoms with Crippen LogP contribution in [0.4, 0.5) is 0 Å². The summed E-state index contributed by atoms with van der Waals surface area (Å²) in [5.74, 6) is -0.893. The lowest BCUT2D eigenvalue weighted by Crippen LogP contribution is -2.24. The van der Waals surface area contributed by atoms with Gasteiger partial charge < -0.3 is 20.4 Å². The Bertz CT molecular complexity index is 838. The number of methoxy groups -OCH3 is 1. The number of hydrogen-bond acceptors (Lipinski definition) is 4. The molecule has 1 heterocycles. The topological polar surface area (TPSA) is 100 Å². The van der Waals surface area contributed by atoms with E-state index in [-0.39, 0.29) is 11.8 Å². The summed E-state index contributed by atoms with van der Waals surface area (Å²) in [4.78, 5) is 39.3. The monoisotopic (exact) mass is 371 g/mol. The van der Waals surface area contributed by atoms with Crippen LogP contribution in [0.15, 0.2) is 24.3 Å². The lowest BCUT2D eigenvalue weighted by atomic mass is 10.0. The molecule has 1 aromatic carbocycles. The molecule has 2 rings (SSSR count). The third-order valence-corrected chi connectivity index (χ3v) is 4.30. The van der Waals surface area contributed by atoms with E-state index in [4.69, 9.17) is 4.74 Å². The molecule has 0 saturated heterocycles.